The summed E-state index contributed by atoms with van der Waals surface area (Å²) in [6.45, 7) is 4.74. The number of aryl methyl sites for hydroxylation is 2. The summed E-state index contributed by atoms with van der Waals surface area (Å²) in [5.74, 6) is 0.0969. The van der Waals surface area contributed by atoms with Crippen molar-refractivity contribution in [2.75, 3.05) is 0 Å². The van der Waals surface area contributed by atoms with E-state index in [1.165, 1.54) is 0 Å². The number of nitrogens with zero attached hydrogens (tertiary/aromatic N) is 2. The van der Waals surface area contributed by atoms with Gasteiger partial charge in [-0.25, -0.2) is 0 Å². The molecule has 0 bridgehead atoms. The third kappa shape index (κ3) is 2.90. The van der Waals surface area contributed by atoms with E-state index in [4.69, 9.17) is 17.3 Å². The van der Waals surface area contributed by atoms with E-state index in [1.54, 1.807) is 0 Å². The van der Waals surface area contributed by atoms with E-state index in [-0.39, 0.29) is 17.7 Å². The lowest BCUT2D eigenvalue weighted by atomic mass is 9.99. The predicted octanol–water partition coefficient (Wildman–Crippen LogP) is 2.13. The van der Waals surface area contributed by atoms with Crippen molar-refractivity contribution in [2.45, 2.75) is 45.7 Å². The van der Waals surface area contributed by atoms with Gasteiger partial charge in [0.25, 0.3) is 0 Å². The Hall–Kier alpha value is -1.13. The molecule has 2 rings (SSSR count). The Morgan fingerprint density at radius 1 is 1.53 bits per heavy atom. The number of aromatic nitrogens is 2. The van der Waals surface area contributed by atoms with Gasteiger partial charge < -0.3 is 5.73 Å². The molecule has 2 atom stereocenters. The van der Waals surface area contributed by atoms with Crippen LogP contribution in [0.25, 0.3) is 0 Å². The first-order valence-electron chi connectivity index (χ1n) is 6.77. The molecule has 1 aliphatic rings. The molecule has 0 spiro atoms. The van der Waals surface area contributed by atoms with E-state index >= 15 is 0 Å². The minimum atomic E-state index is -0.0728. The van der Waals surface area contributed by atoms with Gasteiger partial charge in [-0.15, -0.1) is 0 Å². The smallest absolute Gasteiger partial charge is 0.145 e. The first kappa shape index (κ1) is 14.3. The summed E-state index contributed by atoms with van der Waals surface area (Å²) in [7, 11) is 0. The molecule has 0 aliphatic heterocycles. The number of halogens is 1. The molecule has 1 aromatic rings. The average Bonchev–Trinajstić information content (AvgIpc) is 2.95. The van der Waals surface area contributed by atoms with Gasteiger partial charge in [-0.2, -0.15) is 5.10 Å². The molecule has 0 amide bonds. The molecule has 4 nitrogen and oxygen atoms in total. The fourth-order valence-electron chi connectivity index (χ4n) is 2.45. The third-order valence-electron chi connectivity index (χ3n) is 3.57. The van der Waals surface area contributed by atoms with Crippen LogP contribution in [0.2, 0.25) is 5.02 Å². The summed E-state index contributed by atoms with van der Waals surface area (Å²) in [6, 6.07) is 0.00621. The first-order valence-corrected chi connectivity index (χ1v) is 7.15. The molecule has 104 valence electrons. The monoisotopic (exact) mass is 281 g/mol. The molecule has 1 aliphatic carbocycles. The van der Waals surface area contributed by atoms with Crippen LogP contribution in [0, 0.1) is 5.92 Å². The highest BCUT2D eigenvalue weighted by atomic mass is 35.5. The van der Waals surface area contributed by atoms with Gasteiger partial charge in [-0.1, -0.05) is 30.7 Å². The normalized spacial score (nSPS) is 22.1. The highest BCUT2D eigenvalue weighted by molar-refractivity contribution is 6.32. The second kappa shape index (κ2) is 5.88. The second-order valence-electron chi connectivity index (χ2n) is 4.91. The maximum absolute atomic E-state index is 12.3. The number of hydrogen-bond acceptors (Lipinski definition) is 3. The molecule has 1 aromatic heterocycles. The van der Waals surface area contributed by atoms with E-state index in [9.17, 15) is 4.79 Å². The van der Waals surface area contributed by atoms with Crippen molar-refractivity contribution >= 4 is 17.4 Å². The second-order valence-corrected chi connectivity index (χ2v) is 5.29. The summed E-state index contributed by atoms with van der Waals surface area (Å²) >= 11 is 6.31. The molecule has 1 heterocycles. The van der Waals surface area contributed by atoms with Crippen molar-refractivity contribution in [1.82, 2.24) is 9.78 Å². The Morgan fingerprint density at radius 3 is 2.79 bits per heavy atom. The zero-order chi connectivity index (χ0) is 14.0. The number of rotatable bonds is 5. The third-order valence-corrected chi connectivity index (χ3v) is 4.00. The van der Waals surface area contributed by atoms with Crippen molar-refractivity contribution < 1.29 is 4.79 Å². The van der Waals surface area contributed by atoms with E-state index in [0.717, 1.165) is 24.4 Å². The summed E-state index contributed by atoms with van der Waals surface area (Å²) in [5, 5.41) is 5.07. The zero-order valence-electron chi connectivity index (χ0n) is 11.4. The van der Waals surface area contributed by atoms with Crippen LogP contribution in [-0.2, 0) is 24.2 Å². The zero-order valence-corrected chi connectivity index (χ0v) is 12.2. The Balaban J connectivity index is 2.16. The number of hydrogen-bond donors (Lipinski definition) is 1. The summed E-state index contributed by atoms with van der Waals surface area (Å²) in [4.78, 5) is 12.3. The van der Waals surface area contributed by atoms with Crippen molar-refractivity contribution in [2.24, 2.45) is 11.7 Å². The number of carbonyl (C=O) groups excluding carboxylic acids is 1. The lowest BCUT2D eigenvalue weighted by molar-refractivity contribution is -0.121. The molecule has 0 radical (unpaired) electrons. The number of ketones is 1. The van der Waals surface area contributed by atoms with Gasteiger partial charge in [0.15, 0.2) is 0 Å². The van der Waals surface area contributed by atoms with Crippen LogP contribution >= 0.6 is 11.6 Å². The van der Waals surface area contributed by atoms with Gasteiger partial charge in [0.05, 0.1) is 22.8 Å². The van der Waals surface area contributed by atoms with Gasteiger partial charge in [0, 0.05) is 18.5 Å². The van der Waals surface area contributed by atoms with E-state index in [1.807, 2.05) is 30.7 Å². The molecule has 19 heavy (non-hydrogen) atoms. The Kier molecular flexibility index (Phi) is 4.42. The number of nitrogens with two attached hydrogens (primary N) is 1. The van der Waals surface area contributed by atoms with Gasteiger partial charge in [-0.3, -0.25) is 9.48 Å². The molecule has 0 saturated carbocycles. The Bertz CT molecular complexity index is 507. The first-order chi connectivity index (χ1) is 9.06. The lowest BCUT2D eigenvalue weighted by Crippen LogP contribution is -2.21. The molecule has 2 unspecified atom stereocenters. The standard InChI is InChI=1S/C14H20ClN3O/c1-3-11-14(15)12(18(4-2)17-11)8-13(19)9-5-6-10(16)7-9/h5-6,9-10H,3-4,7-8,16H2,1-2H3. The summed E-state index contributed by atoms with van der Waals surface area (Å²) in [6.07, 6.45) is 5.63. The summed E-state index contributed by atoms with van der Waals surface area (Å²) in [5.41, 5.74) is 7.48. The molecule has 0 fully saturated rings. The van der Waals surface area contributed by atoms with Crippen LogP contribution in [0.3, 0.4) is 0 Å². The van der Waals surface area contributed by atoms with Crippen molar-refractivity contribution in [3.8, 4) is 0 Å². The minimum absolute atomic E-state index is 0.00621. The average molecular weight is 282 g/mol. The van der Waals surface area contributed by atoms with Gasteiger partial charge in [0.1, 0.15) is 5.78 Å². The van der Waals surface area contributed by atoms with Crippen LogP contribution in [0.15, 0.2) is 12.2 Å². The van der Waals surface area contributed by atoms with Crippen molar-refractivity contribution in [1.29, 1.82) is 0 Å². The minimum Gasteiger partial charge on any atom is -0.324 e. The van der Waals surface area contributed by atoms with Crippen LogP contribution in [0.4, 0.5) is 0 Å². The Morgan fingerprint density at radius 2 is 2.26 bits per heavy atom. The predicted molar refractivity (Wildman–Crippen MR) is 76.2 cm³/mol. The number of Topliss-reactive ketones (excluding diaryl/α,β-unsaturated/α-hetero) is 1. The van der Waals surface area contributed by atoms with Crippen LogP contribution in [0.1, 0.15) is 31.7 Å². The highest BCUT2D eigenvalue weighted by Gasteiger charge is 2.25. The topological polar surface area (TPSA) is 60.9 Å². The van der Waals surface area contributed by atoms with E-state index < -0.39 is 0 Å². The lowest BCUT2D eigenvalue weighted by Gasteiger charge is -2.09. The van der Waals surface area contributed by atoms with Crippen LogP contribution in [-0.4, -0.2) is 21.6 Å². The van der Waals surface area contributed by atoms with Crippen LogP contribution in [0.5, 0.6) is 0 Å². The van der Waals surface area contributed by atoms with E-state index in [0.29, 0.717) is 17.9 Å². The van der Waals surface area contributed by atoms with Crippen molar-refractivity contribution in [3.63, 3.8) is 0 Å². The van der Waals surface area contributed by atoms with Crippen LogP contribution < -0.4 is 5.73 Å². The SMILES string of the molecule is CCc1nn(CC)c(CC(=O)C2C=CC(N)C2)c1Cl. The Labute approximate surface area is 118 Å². The molecule has 2 N–H and O–H groups in total. The maximum atomic E-state index is 12.3. The largest absolute Gasteiger partial charge is 0.324 e. The van der Waals surface area contributed by atoms with E-state index in [2.05, 4.69) is 5.10 Å². The number of allylic oxidation sites excluding steroid dienone is 1. The fraction of sp³-hybridized carbons (Fsp3) is 0.571. The molecule has 0 saturated heterocycles. The fourth-order valence-corrected chi connectivity index (χ4v) is 2.78. The molecular weight excluding hydrogens is 262 g/mol. The highest BCUT2D eigenvalue weighted by Crippen LogP contribution is 2.25. The maximum Gasteiger partial charge on any atom is 0.145 e. The van der Waals surface area contributed by atoms with Gasteiger partial charge in [0.2, 0.25) is 0 Å². The quantitative estimate of drug-likeness (QED) is 0.841. The van der Waals surface area contributed by atoms with Gasteiger partial charge >= 0.3 is 0 Å². The van der Waals surface area contributed by atoms with Crippen molar-refractivity contribution in [3.05, 3.63) is 28.6 Å². The summed E-state index contributed by atoms with van der Waals surface area (Å²) < 4.78 is 1.83. The van der Waals surface area contributed by atoms with Gasteiger partial charge in [-0.05, 0) is 19.8 Å². The molecule has 5 heteroatoms. The molecule has 0 aromatic carbocycles. The number of carbonyl (C=O) groups is 1. The molecular formula is C14H20ClN3O.